The van der Waals surface area contributed by atoms with E-state index in [2.05, 4.69) is 50.0 Å². The Balaban J connectivity index is 1.96. The maximum absolute atomic E-state index is 9.85. The van der Waals surface area contributed by atoms with Gasteiger partial charge in [0.15, 0.2) is 0 Å². The number of hydrogen-bond donors (Lipinski definition) is 0. The molecule has 0 aromatic carbocycles. The summed E-state index contributed by atoms with van der Waals surface area (Å²) in [5, 5.41) is 9.85. The van der Waals surface area contributed by atoms with Gasteiger partial charge in [-0.15, -0.1) is 6.42 Å². The maximum atomic E-state index is 9.85. The minimum absolute atomic E-state index is 0.0901. The molecule has 2 aliphatic heterocycles. The molecule has 0 N–H and O–H groups in total. The van der Waals surface area contributed by atoms with Crippen molar-refractivity contribution in [2.24, 2.45) is 0 Å². The van der Waals surface area contributed by atoms with Gasteiger partial charge in [0.05, 0.1) is 17.5 Å². The lowest BCUT2D eigenvalue weighted by Crippen LogP contribution is -2.52. The van der Waals surface area contributed by atoms with Crippen LogP contribution >= 0.6 is 15.9 Å². The Morgan fingerprint density at radius 1 is 1.43 bits per heavy atom. The fourth-order valence-corrected chi connectivity index (χ4v) is 3.94. The zero-order valence-electron chi connectivity index (χ0n) is 11.8. The quantitative estimate of drug-likeness (QED) is 0.613. The van der Waals surface area contributed by atoms with Crippen molar-refractivity contribution >= 4 is 15.9 Å². The van der Waals surface area contributed by atoms with E-state index in [1.165, 1.54) is 0 Å². The number of rotatable bonds is 2. The van der Waals surface area contributed by atoms with Crippen LogP contribution in [-0.4, -0.2) is 28.0 Å². The lowest BCUT2D eigenvalue weighted by atomic mass is 9.71. The van der Waals surface area contributed by atoms with Gasteiger partial charge in [0, 0.05) is 29.0 Å². The lowest BCUT2D eigenvalue weighted by molar-refractivity contribution is 0.102. The monoisotopic (exact) mass is 341 g/mol. The summed E-state index contributed by atoms with van der Waals surface area (Å²) in [4.78, 5) is 6.56. The van der Waals surface area contributed by atoms with E-state index < -0.39 is 5.41 Å². The number of aromatic nitrogens is 1. The molecule has 1 saturated heterocycles. The predicted octanol–water partition coefficient (Wildman–Crippen LogP) is 3.03. The summed E-state index contributed by atoms with van der Waals surface area (Å²) < 4.78 is 0.911. The van der Waals surface area contributed by atoms with Gasteiger partial charge >= 0.3 is 0 Å². The number of hydrogen-bond acceptors (Lipinski definition) is 3. The third kappa shape index (κ3) is 2.29. The molecule has 0 saturated carbocycles. The normalized spacial score (nSPS) is 32.4. The van der Waals surface area contributed by atoms with E-state index in [1.807, 2.05) is 19.2 Å². The Morgan fingerprint density at radius 3 is 2.62 bits per heavy atom. The van der Waals surface area contributed by atoms with Gasteiger partial charge in [-0.25, -0.2) is 0 Å². The molecule has 3 nitrogen and oxygen atoms in total. The maximum Gasteiger partial charge on any atom is 0.0873 e. The first-order valence-corrected chi connectivity index (χ1v) is 7.83. The van der Waals surface area contributed by atoms with Crippen LogP contribution in [0.15, 0.2) is 35.1 Å². The van der Waals surface area contributed by atoms with Crippen molar-refractivity contribution in [2.75, 3.05) is 0 Å². The third-order valence-electron chi connectivity index (χ3n) is 4.60. The van der Waals surface area contributed by atoms with Crippen LogP contribution in [0.3, 0.4) is 0 Å². The molecule has 1 aromatic rings. The van der Waals surface area contributed by atoms with Gasteiger partial charge in [0.25, 0.3) is 0 Å². The molecule has 2 bridgehead atoms. The molecule has 1 aromatic heterocycles. The summed E-state index contributed by atoms with van der Waals surface area (Å²) in [6, 6.07) is 5.12. The van der Waals surface area contributed by atoms with Gasteiger partial charge in [0.2, 0.25) is 0 Å². The lowest BCUT2D eigenvalue weighted by Gasteiger charge is -2.44. The molecule has 0 radical (unpaired) electrons. The summed E-state index contributed by atoms with van der Waals surface area (Å²) >= 11 is 3.45. The molecule has 3 heterocycles. The van der Waals surface area contributed by atoms with Crippen molar-refractivity contribution in [3.63, 3.8) is 0 Å². The first-order valence-electron chi connectivity index (χ1n) is 7.04. The average Bonchev–Trinajstić information content (AvgIpc) is 2.77. The van der Waals surface area contributed by atoms with Crippen molar-refractivity contribution in [1.82, 2.24) is 9.88 Å². The second-order valence-corrected chi connectivity index (χ2v) is 6.72. The summed E-state index contributed by atoms with van der Waals surface area (Å²) in [7, 11) is 0. The molecule has 3 rings (SSSR count). The SMILES string of the molecule is C#CC(C)N1[C@@H]2C=C[C@H]1CC(C#N)(c1cncc(Br)c1)C2. The van der Waals surface area contributed by atoms with E-state index in [-0.39, 0.29) is 18.1 Å². The van der Waals surface area contributed by atoms with Crippen LogP contribution in [0, 0.1) is 23.7 Å². The van der Waals surface area contributed by atoms with E-state index >= 15 is 0 Å². The van der Waals surface area contributed by atoms with Crippen molar-refractivity contribution < 1.29 is 0 Å². The fourth-order valence-electron chi connectivity index (χ4n) is 3.57. The zero-order chi connectivity index (χ0) is 15.0. The van der Waals surface area contributed by atoms with Gasteiger partial charge in [-0.1, -0.05) is 18.1 Å². The van der Waals surface area contributed by atoms with Crippen molar-refractivity contribution in [3.05, 3.63) is 40.6 Å². The fraction of sp³-hybridized carbons (Fsp3) is 0.412. The molecule has 0 aliphatic carbocycles. The highest BCUT2D eigenvalue weighted by Crippen LogP contribution is 2.45. The molecular formula is C17H16BrN3. The standard InChI is InChI=1S/C17H16BrN3/c1-3-12(2)21-15-4-5-16(21)8-17(7-15,11-19)13-6-14(18)10-20-9-13/h1,4-6,9-10,12,15-16H,7-8H2,2H3/t12?,15-,16+,17?. The van der Waals surface area contributed by atoms with Crippen molar-refractivity contribution in [1.29, 1.82) is 5.26 Å². The summed E-state index contributed by atoms with van der Waals surface area (Å²) in [5.41, 5.74) is 0.506. The van der Waals surface area contributed by atoms with Gasteiger partial charge < -0.3 is 0 Å². The largest absolute Gasteiger partial charge is 0.277 e. The molecule has 2 aliphatic rings. The van der Waals surface area contributed by atoms with Crippen molar-refractivity contribution in [3.8, 4) is 18.4 Å². The molecule has 4 heteroatoms. The van der Waals surface area contributed by atoms with Gasteiger partial charge in [-0.2, -0.15) is 5.26 Å². The molecule has 0 amide bonds. The number of pyridine rings is 1. The molecule has 0 spiro atoms. The Hall–Kier alpha value is -1.62. The molecule has 4 atom stereocenters. The van der Waals surface area contributed by atoms with Crippen LogP contribution in [-0.2, 0) is 5.41 Å². The Bertz CT molecular complexity index is 651. The van der Waals surface area contributed by atoms with E-state index in [9.17, 15) is 5.26 Å². The van der Waals surface area contributed by atoms with Crippen LogP contribution < -0.4 is 0 Å². The smallest absolute Gasteiger partial charge is 0.0873 e. The Morgan fingerprint density at radius 2 is 2.10 bits per heavy atom. The van der Waals surface area contributed by atoms with Crippen LogP contribution in [0.2, 0.25) is 0 Å². The number of halogens is 1. The number of nitriles is 1. The van der Waals surface area contributed by atoms with Gasteiger partial charge in [-0.05, 0) is 47.3 Å². The molecule has 2 unspecified atom stereocenters. The highest BCUT2D eigenvalue weighted by Gasteiger charge is 2.48. The van der Waals surface area contributed by atoms with Crippen LogP contribution in [0.25, 0.3) is 0 Å². The summed E-state index contributed by atoms with van der Waals surface area (Å²) in [6.07, 6.45) is 15.1. The summed E-state index contributed by atoms with van der Waals surface area (Å²) in [5.74, 6) is 2.81. The Labute approximate surface area is 133 Å². The van der Waals surface area contributed by atoms with Crippen LogP contribution in [0.1, 0.15) is 25.3 Å². The minimum Gasteiger partial charge on any atom is -0.277 e. The van der Waals surface area contributed by atoms with E-state index in [0.29, 0.717) is 0 Å². The van der Waals surface area contributed by atoms with Gasteiger partial charge in [-0.3, -0.25) is 9.88 Å². The van der Waals surface area contributed by atoms with E-state index in [1.54, 1.807) is 6.20 Å². The average molecular weight is 342 g/mol. The number of nitrogens with zero attached hydrogens (tertiary/aromatic N) is 3. The Kier molecular flexibility index (Phi) is 3.61. The highest BCUT2D eigenvalue weighted by atomic mass is 79.9. The highest BCUT2D eigenvalue weighted by molar-refractivity contribution is 9.10. The topological polar surface area (TPSA) is 39.9 Å². The number of piperidine rings is 1. The molecular weight excluding hydrogens is 326 g/mol. The number of terminal acetylenes is 1. The zero-order valence-corrected chi connectivity index (χ0v) is 13.4. The van der Waals surface area contributed by atoms with Crippen LogP contribution in [0.4, 0.5) is 0 Å². The number of fused-ring (bicyclic) bond motifs is 2. The predicted molar refractivity (Wildman–Crippen MR) is 85.3 cm³/mol. The van der Waals surface area contributed by atoms with Crippen molar-refractivity contribution in [2.45, 2.75) is 43.3 Å². The second-order valence-electron chi connectivity index (χ2n) is 5.80. The van der Waals surface area contributed by atoms with E-state index in [0.717, 1.165) is 22.9 Å². The minimum atomic E-state index is -0.486. The van der Waals surface area contributed by atoms with E-state index in [4.69, 9.17) is 6.42 Å². The molecule has 1 fully saturated rings. The second kappa shape index (κ2) is 5.30. The molecule has 106 valence electrons. The first-order chi connectivity index (χ1) is 10.1. The molecule has 21 heavy (non-hydrogen) atoms. The summed E-state index contributed by atoms with van der Waals surface area (Å²) in [6.45, 7) is 2.05. The first kappa shape index (κ1) is 14.3. The third-order valence-corrected chi connectivity index (χ3v) is 5.03. The van der Waals surface area contributed by atoms with Crippen LogP contribution in [0.5, 0.6) is 0 Å². The van der Waals surface area contributed by atoms with Gasteiger partial charge in [0.1, 0.15) is 0 Å².